The fraction of sp³-hybridized carbons (Fsp3) is 0.100. The zero-order chi connectivity index (χ0) is 13.7. The van der Waals surface area contributed by atoms with Crippen LogP contribution in [0.15, 0.2) is 12.1 Å². The molecule has 0 saturated carbocycles. The Morgan fingerprint density at radius 3 is 2.17 bits per heavy atom. The molecule has 0 fully saturated rings. The minimum absolute atomic E-state index is 0.360. The maximum absolute atomic E-state index is 13.3. The summed E-state index contributed by atoms with van der Waals surface area (Å²) in [6.45, 7) is 0. The molecule has 1 aromatic carbocycles. The molecular weight excluding hydrogens is 262 g/mol. The molecule has 2 aromatic rings. The number of hydrogen-bond donors (Lipinski definition) is 1. The second kappa shape index (κ2) is 3.76. The zero-order valence-electron chi connectivity index (χ0n) is 8.45. The van der Waals surface area contributed by atoms with Crippen LogP contribution in [-0.4, -0.2) is 4.98 Å². The molecular formula is C10H4F6N2. The van der Waals surface area contributed by atoms with Gasteiger partial charge in [-0.15, -0.1) is 0 Å². The van der Waals surface area contributed by atoms with Crippen LogP contribution in [0.5, 0.6) is 0 Å². The van der Waals surface area contributed by atoms with Gasteiger partial charge in [0, 0.05) is 11.8 Å². The Labute approximate surface area is 96.0 Å². The number of nitrogens with zero attached hydrogens (tertiary/aromatic N) is 1. The van der Waals surface area contributed by atoms with Crippen LogP contribution in [0, 0.1) is 17.5 Å². The van der Waals surface area contributed by atoms with Crippen molar-refractivity contribution in [2.75, 3.05) is 5.73 Å². The van der Waals surface area contributed by atoms with Crippen LogP contribution >= 0.6 is 0 Å². The first-order valence-electron chi connectivity index (χ1n) is 4.52. The van der Waals surface area contributed by atoms with Gasteiger partial charge in [-0.2, -0.15) is 13.2 Å². The fourth-order valence-corrected chi connectivity index (χ4v) is 1.47. The van der Waals surface area contributed by atoms with Crippen molar-refractivity contribution >= 4 is 16.6 Å². The number of pyridine rings is 1. The molecule has 8 heteroatoms. The Morgan fingerprint density at radius 1 is 1.00 bits per heavy atom. The predicted octanol–water partition coefficient (Wildman–Crippen LogP) is 3.25. The molecule has 0 amide bonds. The van der Waals surface area contributed by atoms with Gasteiger partial charge in [0.25, 0.3) is 0 Å². The van der Waals surface area contributed by atoms with Crippen molar-refractivity contribution in [3.05, 3.63) is 35.3 Å². The highest BCUT2D eigenvalue weighted by atomic mass is 19.4. The number of halogens is 6. The third-order valence-electron chi connectivity index (χ3n) is 2.25. The Bertz CT molecular complexity index is 635. The Balaban J connectivity index is 2.87. The topological polar surface area (TPSA) is 38.9 Å². The van der Waals surface area contributed by atoms with E-state index in [4.69, 9.17) is 5.73 Å². The van der Waals surface area contributed by atoms with Gasteiger partial charge >= 0.3 is 6.18 Å². The Morgan fingerprint density at radius 2 is 1.61 bits per heavy atom. The van der Waals surface area contributed by atoms with Crippen LogP contribution in [0.4, 0.5) is 32.0 Å². The van der Waals surface area contributed by atoms with Crippen molar-refractivity contribution in [1.82, 2.24) is 4.98 Å². The van der Waals surface area contributed by atoms with Crippen LogP contribution in [0.2, 0.25) is 0 Å². The highest BCUT2D eigenvalue weighted by Crippen LogP contribution is 2.33. The number of benzene rings is 1. The van der Waals surface area contributed by atoms with E-state index in [0.29, 0.717) is 12.1 Å². The predicted molar refractivity (Wildman–Crippen MR) is 51.0 cm³/mol. The van der Waals surface area contributed by atoms with E-state index < -0.39 is 45.9 Å². The lowest BCUT2D eigenvalue weighted by Crippen LogP contribution is -2.10. The number of nitrogen functional groups attached to an aromatic ring is 1. The second-order valence-electron chi connectivity index (χ2n) is 3.47. The second-order valence-corrected chi connectivity index (χ2v) is 3.47. The molecule has 0 aliphatic heterocycles. The molecule has 1 heterocycles. The summed E-state index contributed by atoms with van der Waals surface area (Å²) in [5, 5.41) is -0.679. The van der Waals surface area contributed by atoms with E-state index in [9.17, 15) is 26.3 Å². The quantitative estimate of drug-likeness (QED) is 0.587. The largest absolute Gasteiger partial charge is 0.433 e. The van der Waals surface area contributed by atoms with Crippen LogP contribution < -0.4 is 5.73 Å². The summed E-state index contributed by atoms with van der Waals surface area (Å²) in [5.74, 6) is -5.11. The standard InChI is InChI=1S/C10H4F6N2/c11-3-1-5-7(9(13)8(3)12)4(17)2-6(18-5)10(14,15)16/h1-2H,(H2,17,18). The summed E-state index contributed by atoms with van der Waals surface area (Å²) in [7, 11) is 0. The maximum atomic E-state index is 13.3. The van der Waals surface area contributed by atoms with Crippen molar-refractivity contribution in [1.29, 1.82) is 0 Å². The van der Waals surface area contributed by atoms with Crippen molar-refractivity contribution in [3.63, 3.8) is 0 Å². The van der Waals surface area contributed by atoms with E-state index in [2.05, 4.69) is 4.98 Å². The van der Waals surface area contributed by atoms with Gasteiger partial charge in [0.05, 0.1) is 10.9 Å². The van der Waals surface area contributed by atoms with Crippen molar-refractivity contribution in [3.8, 4) is 0 Å². The average Bonchev–Trinajstić information content (AvgIpc) is 2.23. The summed E-state index contributed by atoms with van der Waals surface area (Å²) < 4.78 is 76.3. The summed E-state index contributed by atoms with van der Waals surface area (Å²) in [6.07, 6.45) is -4.82. The van der Waals surface area contributed by atoms with Crippen LogP contribution in [0.1, 0.15) is 5.69 Å². The Kier molecular flexibility index (Phi) is 2.60. The number of nitrogens with two attached hydrogens (primary N) is 1. The molecule has 18 heavy (non-hydrogen) atoms. The lowest BCUT2D eigenvalue weighted by molar-refractivity contribution is -0.140. The monoisotopic (exact) mass is 266 g/mol. The average molecular weight is 266 g/mol. The van der Waals surface area contributed by atoms with E-state index >= 15 is 0 Å². The molecule has 0 aliphatic rings. The summed E-state index contributed by atoms with van der Waals surface area (Å²) in [4.78, 5) is 3.02. The molecule has 0 radical (unpaired) electrons. The molecule has 0 bridgehead atoms. The van der Waals surface area contributed by atoms with Crippen LogP contribution in [0.3, 0.4) is 0 Å². The van der Waals surface area contributed by atoms with E-state index in [-0.39, 0.29) is 0 Å². The number of alkyl halides is 3. The highest BCUT2D eigenvalue weighted by molar-refractivity contribution is 5.91. The smallest absolute Gasteiger partial charge is 0.398 e. The first-order valence-corrected chi connectivity index (χ1v) is 4.52. The lowest BCUT2D eigenvalue weighted by atomic mass is 10.1. The van der Waals surface area contributed by atoms with Crippen molar-refractivity contribution in [2.45, 2.75) is 6.18 Å². The van der Waals surface area contributed by atoms with Gasteiger partial charge in [-0.05, 0) is 6.07 Å². The number of anilines is 1. The number of aromatic nitrogens is 1. The number of fused-ring (bicyclic) bond motifs is 1. The molecule has 96 valence electrons. The first-order chi connectivity index (χ1) is 8.21. The van der Waals surface area contributed by atoms with Crippen molar-refractivity contribution < 1.29 is 26.3 Å². The van der Waals surface area contributed by atoms with Gasteiger partial charge in [0.2, 0.25) is 0 Å². The number of rotatable bonds is 0. The van der Waals surface area contributed by atoms with Crippen LogP contribution in [0.25, 0.3) is 10.9 Å². The molecule has 0 unspecified atom stereocenters. The van der Waals surface area contributed by atoms with Crippen molar-refractivity contribution in [2.24, 2.45) is 0 Å². The lowest BCUT2D eigenvalue weighted by Gasteiger charge is -2.10. The van der Waals surface area contributed by atoms with E-state index in [1.54, 1.807) is 0 Å². The van der Waals surface area contributed by atoms with E-state index in [1.807, 2.05) is 0 Å². The normalized spacial score (nSPS) is 12.1. The summed E-state index contributed by atoms with van der Waals surface area (Å²) in [6, 6.07) is 0.724. The molecule has 1 aromatic heterocycles. The molecule has 2 N–H and O–H groups in total. The maximum Gasteiger partial charge on any atom is 0.433 e. The fourth-order valence-electron chi connectivity index (χ4n) is 1.47. The minimum Gasteiger partial charge on any atom is -0.398 e. The van der Waals surface area contributed by atoms with Gasteiger partial charge in [-0.1, -0.05) is 0 Å². The summed E-state index contributed by atoms with van der Waals surface area (Å²) >= 11 is 0. The Hall–Kier alpha value is -1.99. The SMILES string of the molecule is Nc1cc(C(F)(F)F)nc2cc(F)c(F)c(F)c12. The third-order valence-corrected chi connectivity index (χ3v) is 2.25. The summed E-state index contributed by atoms with van der Waals surface area (Å²) in [5.41, 5.74) is 2.44. The van der Waals surface area contributed by atoms with Crippen LogP contribution in [-0.2, 0) is 6.18 Å². The molecule has 2 rings (SSSR count). The molecule has 0 spiro atoms. The van der Waals surface area contributed by atoms with Gasteiger partial charge < -0.3 is 5.73 Å². The molecule has 0 saturated heterocycles. The molecule has 0 aliphatic carbocycles. The third kappa shape index (κ3) is 1.83. The number of hydrogen-bond acceptors (Lipinski definition) is 2. The van der Waals surface area contributed by atoms with Gasteiger partial charge in [0.15, 0.2) is 17.5 Å². The zero-order valence-corrected chi connectivity index (χ0v) is 8.45. The van der Waals surface area contributed by atoms with E-state index in [0.717, 1.165) is 0 Å². The minimum atomic E-state index is -4.82. The van der Waals surface area contributed by atoms with Gasteiger partial charge in [-0.25, -0.2) is 18.2 Å². The van der Waals surface area contributed by atoms with Gasteiger partial charge in [-0.3, -0.25) is 0 Å². The van der Waals surface area contributed by atoms with E-state index in [1.165, 1.54) is 0 Å². The molecule has 0 atom stereocenters. The molecule has 2 nitrogen and oxygen atoms in total. The highest BCUT2D eigenvalue weighted by Gasteiger charge is 2.33. The first kappa shape index (κ1) is 12.5. The van der Waals surface area contributed by atoms with Gasteiger partial charge in [0.1, 0.15) is 5.69 Å².